The lowest BCUT2D eigenvalue weighted by Gasteiger charge is -2.07. The average molecular weight is 261 g/mol. The molecule has 3 nitrogen and oxygen atoms in total. The molecular formula is C14H19N3S. The largest absolute Gasteiger partial charge is 0.330 e. The number of nitrogens with two attached hydrogens (primary N) is 1. The van der Waals surface area contributed by atoms with E-state index >= 15 is 0 Å². The molecule has 4 heteroatoms. The number of hydrogen-bond acceptors (Lipinski definition) is 3. The fourth-order valence-electron chi connectivity index (χ4n) is 1.71. The van der Waals surface area contributed by atoms with Gasteiger partial charge in [0.25, 0.3) is 0 Å². The molecule has 1 unspecified atom stereocenters. The molecule has 0 bridgehead atoms. The Morgan fingerprint density at radius 2 is 2.11 bits per heavy atom. The van der Waals surface area contributed by atoms with E-state index in [9.17, 15) is 0 Å². The van der Waals surface area contributed by atoms with Gasteiger partial charge in [0.1, 0.15) is 0 Å². The quantitative estimate of drug-likeness (QED) is 0.869. The van der Waals surface area contributed by atoms with Crippen molar-refractivity contribution in [3.63, 3.8) is 0 Å². The number of rotatable bonds is 6. The Labute approximate surface area is 112 Å². The molecule has 0 fully saturated rings. The van der Waals surface area contributed by atoms with E-state index < -0.39 is 0 Å². The van der Waals surface area contributed by atoms with Gasteiger partial charge >= 0.3 is 0 Å². The molecule has 1 aromatic heterocycles. The first-order valence-corrected chi connectivity index (χ1v) is 7.25. The van der Waals surface area contributed by atoms with Crippen LogP contribution in [0.4, 0.5) is 0 Å². The Kier molecular flexibility index (Phi) is 4.84. The Bertz CT molecular complexity index is 467. The van der Waals surface area contributed by atoms with Crippen LogP contribution in [0.3, 0.4) is 0 Å². The second-order valence-electron chi connectivity index (χ2n) is 4.33. The molecule has 0 radical (unpaired) electrons. The van der Waals surface area contributed by atoms with Crippen molar-refractivity contribution in [3.8, 4) is 5.69 Å². The Hall–Kier alpha value is -1.26. The molecule has 2 N–H and O–H groups in total. The van der Waals surface area contributed by atoms with Crippen molar-refractivity contribution in [2.24, 2.45) is 5.73 Å². The zero-order chi connectivity index (χ0) is 12.8. The molecule has 0 aliphatic rings. The third kappa shape index (κ3) is 3.62. The third-order valence-corrected chi connectivity index (χ3v) is 4.07. The first-order chi connectivity index (χ1) is 8.79. The van der Waals surface area contributed by atoms with Gasteiger partial charge in [-0.3, -0.25) is 0 Å². The van der Waals surface area contributed by atoms with Crippen LogP contribution in [0.25, 0.3) is 5.69 Å². The molecule has 0 saturated heterocycles. The van der Waals surface area contributed by atoms with Crippen molar-refractivity contribution in [2.45, 2.75) is 24.3 Å². The zero-order valence-corrected chi connectivity index (χ0v) is 11.4. The highest BCUT2D eigenvalue weighted by molar-refractivity contribution is 7.99. The van der Waals surface area contributed by atoms with Gasteiger partial charge in [0.15, 0.2) is 0 Å². The Morgan fingerprint density at radius 1 is 1.33 bits per heavy atom. The number of thioether (sulfide) groups is 1. The van der Waals surface area contributed by atoms with E-state index in [-0.39, 0.29) is 0 Å². The van der Waals surface area contributed by atoms with Crippen molar-refractivity contribution in [2.75, 3.05) is 6.54 Å². The highest BCUT2D eigenvalue weighted by Crippen LogP contribution is 2.19. The zero-order valence-electron chi connectivity index (χ0n) is 10.6. The highest BCUT2D eigenvalue weighted by atomic mass is 32.2. The summed E-state index contributed by atoms with van der Waals surface area (Å²) in [4.78, 5) is 0. The van der Waals surface area contributed by atoms with E-state index in [4.69, 9.17) is 5.73 Å². The van der Waals surface area contributed by atoms with Gasteiger partial charge in [-0.2, -0.15) is 16.9 Å². The van der Waals surface area contributed by atoms with Gasteiger partial charge in [0.2, 0.25) is 0 Å². The fraction of sp³-hybridized carbons (Fsp3) is 0.357. The van der Waals surface area contributed by atoms with Crippen molar-refractivity contribution in [1.82, 2.24) is 9.78 Å². The second-order valence-corrected chi connectivity index (χ2v) is 5.75. The lowest BCUT2D eigenvalue weighted by molar-refractivity contribution is 0.823. The molecule has 2 rings (SSSR count). The van der Waals surface area contributed by atoms with Crippen LogP contribution in [0.5, 0.6) is 0 Å². The van der Waals surface area contributed by atoms with Gasteiger partial charge in [-0.1, -0.05) is 25.1 Å². The minimum Gasteiger partial charge on any atom is -0.330 e. The maximum atomic E-state index is 5.55. The Morgan fingerprint density at radius 3 is 2.83 bits per heavy atom. The van der Waals surface area contributed by atoms with Crippen molar-refractivity contribution >= 4 is 11.8 Å². The molecule has 0 aliphatic heterocycles. The first-order valence-electron chi connectivity index (χ1n) is 6.20. The molecule has 0 spiro atoms. The first kappa shape index (κ1) is 13.2. The van der Waals surface area contributed by atoms with E-state index in [0.717, 1.165) is 24.4 Å². The normalized spacial score (nSPS) is 12.6. The summed E-state index contributed by atoms with van der Waals surface area (Å²) >= 11 is 1.93. The van der Waals surface area contributed by atoms with Crippen LogP contribution in [0.15, 0.2) is 42.7 Å². The number of aromatic nitrogens is 2. The summed E-state index contributed by atoms with van der Waals surface area (Å²) in [6.07, 6.45) is 5.10. The number of para-hydroxylation sites is 1. The smallest absolute Gasteiger partial charge is 0.0645 e. The molecule has 0 aliphatic carbocycles. The van der Waals surface area contributed by atoms with Gasteiger partial charge in [-0.25, -0.2) is 4.68 Å². The van der Waals surface area contributed by atoms with E-state index in [1.165, 1.54) is 5.56 Å². The van der Waals surface area contributed by atoms with Gasteiger partial charge in [0, 0.05) is 22.8 Å². The molecular weight excluding hydrogens is 242 g/mol. The van der Waals surface area contributed by atoms with Crippen molar-refractivity contribution in [1.29, 1.82) is 0 Å². The lowest BCUT2D eigenvalue weighted by atomic mass is 10.3. The summed E-state index contributed by atoms with van der Waals surface area (Å²) in [6.45, 7) is 2.98. The number of benzene rings is 1. The van der Waals surface area contributed by atoms with Crippen LogP contribution < -0.4 is 5.73 Å². The number of hydrogen-bond donors (Lipinski definition) is 1. The van der Waals surface area contributed by atoms with Gasteiger partial charge < -0.3 is 5.73 Å². The molecule has 2 aromatic rings. The van der Waals surface area contributed by atoms with Gasteiger partial charge in [0.05, 0.1) is 11.9 Å². The minimum absolute atomic E-state index is 0.607. The predicted molar refractivity (Wildman–Crippen MR) is 78.0 cm³/mol. The minimum atomic E-state index is 0.607. The summed E-state index contributed by atoms with van der Waals surface area (Å²) in [5.41, 5.74) is 7.91. The van der Waals surface area contributed by atoms with Crippen molar-refractivity contribution < 1.29 is 0 Å². The van der Waals surface area contributed by atoms with Crippen LogP contribution in [0.2, 0.25) is 0 Å². The molecule has 1 heterocycles. The van der Waals surface area contributed by atoms with E-state index in [1.807, 2.05) is 40.8 Å². The van der Waals surface area contributed by atoms with Crippen LogP contribution in [-0.4, -0.2) is 21.6 Å². The van der Waals surface area contributed by atoms with Gasteiger partial charge in [-0.15, -0.1) is 0 Å². The molecule has 1 aromatic carbocycles. The topological polar surface area (TPSA) is 43.8 Å². The van der Waals surface area contributed by atoms with E-state index in [1.54, 1.807) is 0 Å². The number of nitrogens with zero attached hydrogens (tertiary/aromatic N) is 2. The maximum Gasteiger partial charge on any atom is 0.0645 e. The fourth-order valence-corrected chi connectivity index (χ4v) is 2.64. The standard InChI is InChI=1S/C14H19N3S/c1-12(7-8-15)18-11-13-9-16-17(10-13)14-5-3-2-4-6-14/h2-6,9-10,12H,7-8,11,15H2,1H3. The summed E-state index contributed by atoms with van der Waals surface area (Å²) in [5, 5.41) is 5.00. The highest BCUT2D eigenvalue weighted by Gasteiger charge is 2.04. The average Bonchev–Trinajstić information content (AvgIpc) is 2.87. The third-order valence-electron chi connectivity index (χ3n) is 2.76. The van der Waals surface area contributed by atoms with Crippen molar-refractivity contribution in [3.05, 3.63) is 48.3 Å². The SMILES string of the molecule is CC(CCN)SCc1cnn(-c2ccccc2)c1. The monoisotopic (exact) mass is 261 g/mol. The summed E-state index contributed by atoms with van der Waals surface area (Å²) in [6, 6.07) is 10.2. The predicted octanol–water partition coefficient (Wildman–Crippen LogP) is 2.84. The second kappa shape index (κ2) is 6.61. The summed E-state index contributed by atoms with van der Waals surface area (Å²) < 4.78 is 1.92. The van der Waals surface area contributed by atoms with E-state index in [0.29, 0.717) is 5.25 Å². The van der Waals surface area contributed by atoms with Crippen LogP contribution in [0, 0.1) is 0 Å². The molecule has 0 saturated carbocycles. The molecule has 1 atom stereocenters. The molecule has 0 amide bonds. The summed E-state index contributed by atoms with van der Waals surface area (Å²) in [7, 11) is 0. The maximum absolute atomic E-state index is 5.55. The van der Waals surface area contributed by atoms with Crippen LogP contribution in [-0.2, 0) is 5.75 Å². The van der Waals surface area contributed by atoms with Gasteiger partial charge in [-0.05, 0) is 25.1 Å². The lowest BCUT2D eigenvalue weighted by Crippen LogP contribution is -2.07. The van der Waals surface area contributed by atoms with Crippen LogP contribution in [0.1, 0.15) is 18.9 Å². The van der Waals surface area contributed by atoms with E-state index in [2.05, 4.69) is 30.4 Å². The molecule has 18 heavy (non-hydrogen) atoms. The molecule has 96 valence electrons. The Balaban J connectivity index is 1.95. The van der Waals surface area contributed by atoms with Crippen LogP contribution >= 0.6 is 11.8 Å². The summed E-state index contributed by atoms with van der Waals surface area (Å²) in [5.74, 6) is 0.994.